The first kappa shape index (κ1) is 19.7. The fourth-order valence-corrected chi connectivity index (χ4v) is 4.19. The summed E-state index contributed by atoms with van der Waals surface area (Å²) in [6.07, 6.45) is 0. The molecule has 1 amide bonds. The number of hydrogen-bond donors (Lipinski definition) is 0. The summed E-state index contributed by atoms with van der Waals surface area (Å²) < 4.78 is 6.24. The van der Waals surface area contributed by atoms with E-state index >= 15 is 0 Å². The van der Waals surface area contributed by atoms with Crippen molar-refractivity contribution >= 4 is 33.9 Å². The zero-order valence-corrected chi connectivity index (χ0v) is 17.6. The zero-order chi connectivity index (χ0) is 22.4. The summed E-state index contributed by atoms with van der Waals surface area (Å²) in [5.74, 6) is 0.0160. The number of amides is 1. The van der Waals surface area contributed by atoms with Crippen molar-refractivity contribution in [2.45, 2.75) is 6.92 Å². The molecule has 5 heteroatoms. The lowest BCUT2D eigenvalue weighted by atomic mass is 9.80. The van der Waals surface area contributed by atoms with Crippen LogP contribution in [0.15, 0.2) is 78.9 Å². The quantitative estimate of drug-likeness (QED) is 0.392. The Morgan fingerprint density at radius 3 is 1.88 bits per heavy atom. The molecule has 0 heterocycles. The Bertz CT molecular complexity index is 1420. The highest BCUT2D eigenvalue weighted by molar-refractivity contribution is 6.34. The summed E-state index contributed by atoms with van der Waals surface area (Å²) in [5, 5.41) is 1.31. The largest absolute Gasteiger partial charge is 0.456 e. The summed E-state index contributed by atoms with van der Waals surface area (Å²) in [6.45, 7) is 1.43. The highest BCUT2D eigenvalue weighted by Crippen LogP contribution is 2.46. The van der Waals surface area contributed by atoms with Crippen LogP contribution in [0.4, 0.5) is 5.69 Å². The van der Waals surface area contributed by atoms with E-state index in [0.717, 1.165) is 0 Å². The number of nitrogens with zero attached hydrogens (tertiary/aromatic N) is 1. The number of ketones is 2. The van der Waals surface area contributed by atoms with Crippen molar-refractivity contribution < 1.29 is 19.1 Å². The molecule has 0 atom stereocenters. The van der Waals surface area contributed by atoms with Crippen LogP contribution in [0.5, 0.6) is 11.5 Å². The van der Waals surface area contributed by atoms with Crippen LogP contribution < -0.4 is 9.64 Å². The molecule has 32 heavy (non-hydrogen) atoms. The zero-order valence-electron chi connectivity index (χ0n) is 17.6. The number of benzene rings is 4. The van der Waals surface area contributed by atoms with Crippen LogP contribution in [0.3, 0.4) is 0 Å². The number of para-hydroxylation sites is 1. The van der Waals surface area contributed by atoms with Crippen molar-refractivity contribution in [1.29, 1.82) is 0 Å². The van der Waals surface area contributed by atoms with Gasteiger partial charge < -0.3 is 9.64 Å². The number of ether oxygens (including phenoxy) is 1. The molecule has 4 aromatic carbocycles. The van der Waals surface area contributed by atoms with Gasteiger partial charge in [0, 0.05) is 35.9 Å². The third-order valence-electron chi connectivity index (χ3n) is 5.78. The van der Waals surface area contributed by atoms with Gasteiger partial charge in [0.25, 0.3) is 0 Å². The second-order valence-corrected chi connectivity index (χ2v) is 7.67. The summed E-state index contributed by atoms with van der Waals surface area (Å²) in [5.41, 5.74) is 1.44. The standard InChI is InChI=1S/C27H19NO4/c1-16(29)28(2)24-18-12-6-9-15-21(18)27(32-17-10-4-3-5-11-17)23-22(24)25(30)19-13-7-8-14-20(19)26(23)31/h3-15H,1-2H3. The van der Waals surface area contributed by atoms with Gasteiger partial charge in [-0.2, -0.15) is 0 Å². The van der Waals surface area contributed by atoms with E-state index < -0.39 is 0 Å². The van der Waals surface area contributed by atoms with Crippen LogP contribution >= 0.6 is 0 Å². The molecule has 0 bridgehead atoms. The molecule has 0 unspecified atom stereocenters. The van der Waals surface area contributed by atoms with Crippen molar-refractivity contribution in [2.75, 3.05) is 11.9 Å². The van der Waals surface area contributed by atoms with E-state index in [1.807, 2.05) is 42.5 Å². The SMILES string of the molecule is CC(=O)N(C)c1c2c(c(Oc3ccccc3)c3ccccc13)C(=O)c1ccccc1C2=O. The van der Waals surface area contributed by atoms with Crippen LogP contribution in [0.2, 0.25) is 0 Å². The summed E-state index contributed by atoms with van der Waals surface area (Å²) in [6, 6.07) is 23.2. The molecule has 0 spiro atoms. The summed E-state index contributed by atoms with van der Waals surface area (Å²) >= 11 is 0. The van der Waals surface area contributed by atoms with E-state index in [-0.39, 0.29) is 28.6 Å². The summed E-state index contributed by atoms with van der Waals surface area (Å²) in [4.78, 5) is 41.2. The van der Waals surface area contributed by atoms with Gasteiger partial charge in [0.1, 0.15) is 11.5 Å². The highest BCUT2D eigenvalue weighted by atomic mass is 16.5. The molecule has 4 aromatic rings. The van der Waals surface area contributed by atoms with E-state index in [4.69, 9.17) is 4.74 Å². The van der Waals surface area contributed by atoms with Gasteiger partial charge in [0.05, 0.1) is 16.8 Å². The van der Waals surface area contributed by atoms with Crippen LogP contribution in [0, 0.1) is 0 Å². The van der Waals surface area contributed by atoms with Gasteiger partial charge in [0.15, 0.2) is 11.6 Å². The van der Waals surface area contributed by atoms with Crippen LogP contribution in [-0.2, 0) is 4.79 Å². The van der Waals surface area contributed by atoms with Crippen LogP contribution in [0.1, 0.15) is 38.8 Å². The van der Waals surface area contributed by atoms with Crippen LogP contribution in [0.25, 0.3) is 10.8 Å². The van der Waals surface area contributed by atoms with E-state index in [0.29, 0.717) is 39.1 Å². The fourth-order valence-electron chi connectivity index (χ4n) is 4.19. The average Bonchev–Trinajstić information content (AvgIpc) is 2.82. The molecule has 0 aromatic heterocycles. The molecule has 0 fully saturated rings. The molecule has 5 rings (SSSR count). The minimum absolute atomic E-state index is 0.180. The van der Waals surface area contributed by atoms with E-state index in [1.54, 1.807) is 43.4 Å². The normalized spacial score (nSPS) is 12.3. The molecule has 0 radical (unpaired) electrons. The molecular formula is C27H19NO4. The molecule has 0 aliphatic heterocycles. The van der Waals surface area contributed by atoms with Gasteiger partial charge in [0.2, 0.25) is 5.91 Å². The molecule has 5 nitrogen and oxygen atoms in total. The van der Waals surface area contributed by atoms with Gasteiger partial charge in [-0.3, -0.25) is 14.4 Å². The number of carbonyl (C=O) groups is 3. The second kappa shape index (κ2) is 7.46. The highest BCUT2D eigenvalue weighted by Gasteiger charge is 2.37. The maximum absolute atomic E-state index is 13.7. The number of carbonyl (C=O) groups excluding carboxylic acids is 3. The molecule has 1 aliphatic rings. The predicted octanol–water partition coefficient (Wildman–Crippen LogP) is 5.39. The van der Waals surface area contributed by atoms with Crippen molar-refractivity contribution in [3.05, 3.63) is 101 Å². The Morgan fingerprint density at radius 1 is 0.719 bits per heavy atom. The molecule has 0 saturated heterocycles. The van der Waals surface area contributed by atoms with Crippen molar-refractivity contribution in [3.63, 3.8) is 0 Å². The predicted molar refractivity (Wildman–Crippen MR) is 123 cm³/mol. The first-order valence-corrected chi connectivity index (χ1v) is 10.2. The van der Waals surface area contributed by atoms with E-state index in [1.165, 1.54) is 11.8 Å². The van der Waals surface area contributed by atoms with E-state index in [2.05, 4.69) is 0 Å². The fraction of sp³-hybridized carbons (Fsp3) is 0.0741. The molecule has 1 aliphatic carbocycles. The lowest BCUT2D eigenvalue weighted by Crippen LogP contribution is -2.29. The van der Waals surface area contributed by atoms with E-state index in [9.17, 15) is 14.4 Å². The topological polar surface area (TPSA) is 63.7 Å². The Balaban J connectivity index is 1.93. The Morgan fingerprint density at radius 2 is 1.25 bits per heavy atom. The lowest BCUT2D eigenvalue weighted by molar-refractivity contribution is -0.116. The molecular weight excluding hydrogens is 402 g/mol. The lowest BCUT2D eigenvalue weighted by Gasteiger charge is -2.28. The molecule has 156 valence electrons. The number of rotatable bonds is 3. The summed E-state index contributed by atoms with van der Waals surface area (Å²) in [7, 11) is 1.61. The molecule has 0 N–H and O–H groups in total. The maximum atomic E-state index is 13.7. The van der Waals surface area contributed by atoms with Gasteiger partial charge in [-0.1, -0.05) is 66.7 Å². The smallest absolute Gasteiger partial charge is 0.223 e. The first-order chi connectivity index (χ1) is 15.5. The first-order valence-electron chi connectivity index (χ1n) is 10.2. The van der Waals surface area contributed by atoms with Crippen LogP contribution in [-0.4, -0.2) is 24.5 Å². The third kappa shape index (κ3) is 2.90. The van der Waals surface area contributed by atoms with Gasteiger partial charge >= 0.3 is 0 Å². The van der Waals surface area contributed by atoms with Crippen molar-refractivity contribution in [2.24, 2.45) is 0 Å². The minimum Gasteiger partial charge on any atom is -0.456 e. The number of hydrogen-bond acceptors (Lipinski definition) is 4. The Hall–Kier alpha value is -4.25. The number of anilines is 1. The minimum atomic E-state index is -0.304. The van der Waals surface area contributed by atoms with Crippen molar-refractivity contribution in [3.8, 4) is 11.5 Å². The molecule has 0 saturated carbocycles. The van der Waals surface area contributed by atoms with Crippen molar-refractivity contribution in [1.82, 2.24) is 0 Å². The van der Waals surface area contributed by atoms with Gasteiger partial charge in [-0.05, 0) is 12.1 Å². The van der Waals surface area contributed by atoms with Gasteiger partial charge in [-0.25, -0.2) is 0 Å². The average molecular weight is 421 g/mol. The third-order valence-corrected chi connectivity index (χ3v) is 5.78. The number of fused-ring (bicyclic) bond motifs is 3. The Labute approximate surface area is 184 Å². The second-order valence-electron chi connectivity index (χ2n) is 7.67. The van der Waals surface area contributed by atoms with Gasteiger partial charge in [-0.15, -0.1) is 0 Å². The Kier molecular flexibility index (Phi) is 4.59. The maximum Gasteiger partial charge on any atom is 0.223 e. The monoisotopic (exact) mass is 421 g/mol.